The lowest BCUT2D eigenvalue weighted by Crippen LogP contribution is -2.30. The van der Waals surface area contributed by atoms with Crippen LogP contribution >= 0.6 is 0 Å². The zero-order valence-corrected chi connectivity index (χ0v) is 10.8. The molecule has 0 spiro atoms. The van der Waals surface area contributed by atoms with Crippen LogP contribution in [-0.2, 0) is 15.8 Å². The third-order valence-electron chi connectivity index (χ3n) is 1.98. The number of benzene rings is 1. The third-order valence-corrected chi connectivity index (χ3v) is 3.43. The van der Waals surface area contributed by atoms with Gasteiger partial charge in [0.25, 0.3) is 0 Å². The molecule has 0 aromatic heterocycles. The number of hydrogen-bond acceptors (Lipinski definition) is 3. The molecule has 17 heavy (non-hydrogen) atoms. The van der Waals surface area contributed by atoms with E-state index in [-0.39, 0.29) is 6.61 Å². The van der Waals surface area contributed by atoms with E-state index in [1.54, 1.807) is 7.11 Å². The molecule has 0 aliphatic carbocycles. The van der Waals surface area contributed by atoms with Gasteiger partial charge in [-0.1, -0.05) is 12.7 Å². The molecule has 92 valence electrons. The molecule has 0 aliphatic rings. The highest BCUT2D eigenvalue weighted by Crippen LogP contribution is 2.15. The molecule has 4 nitrogen and oxygen atoms in total. The van der Waals surface area contributed by atoms with Crippen molar-refractivity contribution in [3.63, 3.8) is 0 Å². The molecule has 0 bridgehead atoms. The molecule has 1 rings (SSSR count). The summed E-state index contributed by atoms with van der Waals surface area (Å²) in [6.07, 6.45) is 3.00. The Morgan fingerprint density at radius 2 is 2.12 bits per heavy atom. The number of ether oxygens (including phenoxy) is 2. The molecule has 0 radical (unpaired) electrons. The van der Waals surface area contributed by atoms with E-state index in [4.69, 9.17) is 9.47 Å². The van der Waals surface area contributed by atoms with Gasteiger partial charge >= 0.3 is 6.09 Å². The zero-order valence-electron chi connectivity index (χ0n) is 9.93. The van der Waals surface area contributed by atoms with Gasteiger partial charge in [0.2, 0.25) is 0 Å². The highest BCUT2D eigenvalue weighted by Gasteiger charge is 2.19. The van der Waals surface area contributed by atoms with Gasteiger partial charge in [-0.05, 0) is 24.3 Å². The minimum absolute atomic E-state index is 0.214. The average molecular weight is 254 g/mol. The smallest absolute Gasteiger partial charge is 0.449 e. The van der Waals surface area contributed by atoms with Crippen molar-refractivity contribution in [1.82, 2.24) is 4.72 Å². The first-order chi connectivity index (χ1) is 8.17. The van der Waals surface area contributed by atoms with Crippen molar-refractivity contribution in [2.24, 2.45) is 0 Å². The summed E-state index contributed by atoms with van der Waals surface area (Å²) in [6, 6.07) is 7.54. The Morgan fingerprint density at radius 3 is 2.65 bits per heavy atom. The maximum atomic E-state index is 11.3. The molecule has 1 atom stereocenters. The van der Waals surface area contributed by atoms with Crippen LogP contribution in [0.3, 0.4) is 0 Å². The van der Waals surface area contributed by atoms with E-state index < -0.39 is 17.2 Å². The van der Waals surface area contributed by atoms with Gasteiger partial charge < -0.3 is 9.47 Å². The zero-order chi connectivity index (χ0) is 12.7. The highest BCUT2D eigenvalue weighted by atomic mass is 32.2. The standard InChI is InChI=1S/C12H15NO3S/c1-4-9-16-12(14)13-17(3)11-7-5-10(15-2)6-8-11/h4-8H,1,9H2,2-3H3/p+1. The summed E-state index contributed by atoms with van der Waals surface area (Å²) in [5.41, 5.74) is 0. The molecule has 1 amide bonds. The first kappa shape index (κ1) is 13.4. The Hall–Kier alpha value is -1.62. The second-order valence-corrected chi connectivity index (χ2v) is 4.87. The quantitative estimate of drug-likeness (QED) is 0.647. The van der Waals surface area contributed by atoms with Crippen LogP contribution in [0.15, 0.2) is 41.8 Å². The van der Waals surface area contributed by atoms with Crippen LogP contribution in [0.2, 0.25) is 0 Å². The number of hydrogen-bond donors (Lipinski definition) is 1. The van der Waals surface area contributed by atoms with Gasteiger partial charge in [-0.3, -0.25) is 0 Å². The molecule has 0 fully saturated rings. The molecule has 5 heteroatoms. The van der Waals surface area contributed by atoms with Crippen LogP contribution in [-0.4, -0.2) is 26.1 Å². The highest BCUT2D eigenvalue weighted by molar-refractivity contribution is 7.94. The largest absolute Gasteiger partial charge is 0.497 e. The van der Waals surface area contributed by atoms with Gasteiger partial charge in [0.05, 0.1) is 7.11 Å². The van der Waals surface area contributed by atoms with Gasteiger partial charge in [0.15, 0.2) is 4.90 Å². The molecule has 0 saturated heterocycles. The van der Waals surface area contributed by atoms with Crippen molar-refractivity contribution < 1.29 is 14.3 Å². The van der Waals surface area contributed by atoms with Crippen LogP contribution in [0, 0.1) is 0 Å². The fraction of sp³-hybridized carbons (Fsp3) is 0.250. The van der Waals surface area contributed by atoms with Crippen molar-refractivity contribution in [2.45, 2.75) is 4.90 Å². The molecule has 0 heterocycles. The summed E-state index contributed by atoms with van der Waals surface area (Å²) in [7, 11) is 1.62. The Morgan fingerprint density at radius 1 is 1.47 bits per heavy atom. The first-order valence-corrected chi connectivity index (χ1v) is 6.65. The summed E-state index contributed by atoms with van der Waals surface area (Å²) >= 11 is -0.392. The van der Waals surface area contributed by atoms with Gasteiger partial charge in [0, 0.05) is 0 Å². The van der Waals surface area contributed by atoms with Gasteiger partial charge in [-0.15, -0.1) is 4.72 Å². The lowest BCUT2D eigenvalue weighted by Gasteiger charge is -2.05. The molecule has 1 aromatic rings. The van der Waals surface area contributed by atoms with Crippen LogP contribution < -0.4 is 9.46 Å². The van der Waals surface area contributed by atoms with Crippen LogP contribution in [0.5, 0.6) is 5.75 Å². The number of methoxy groups -OCH3 is 1. The number of nitrogens with one attached hydrogen (secondary N) is 1. The van der Waals surface area contributed by atoms with Crippen molar-refractivity contribution in [3.05, 3.63) is 36.9 Å². The maximum Gasteiger partial charge on any atom is 0.449 e. The SMILES string of the molecule is C=CCOC(=O)N[S+](C)c1ccc(OC)cc1. The van der Waals surface area contributed by atoms with Gasteiger partial charge in [-0.25, -0.2) is 4.79 Å². The molecular weight excluding hydrogens is 238 g/mol. The topological polar surface area (TPSA) is 47.6 Å². The third kappa shape index (κ3) is 4.40. The fourth-order valence-electron chi connectivity index (χ4n) is 1.13. The summed E-state index contributed by atoms with van der Waals surface area (Å²) in [4.78, 5) is 12.3. The number of rotatable bonds is 5. The fourth-order valence-corrected chi connectivity index (χ4v) is 2.10. The van der Waals surface area contributed by atoms with E-state index in [1.165, 1.54) is 6.08 Å². The summed E-state index contributed by atoms with van der Waals surface area (Å²) < 4.78 is 12.7. The van der Waals surface area contributed by atoms with E-state index >= 15 is 0 Å². The Labute approximate surface area is 104 Å². The summed E-state index contributed by atoms with van der Waals surface area (Å²) in [5, 5.41) is 0. The van der Waals surface area contributed by atoms with E-state index in [0.717, 1.165) is 10.6 Å². The Bertz CT molecular complexity index is 378. The lowest BCUT2D eigenvalue weighted by atomic mass is 10.3. The monoisotopic (exact) mass is 254 g/mol. The first-order valence-electron chi connectivity index (χ1n) is 5.01. The maximum absolute atomic E-state index is 11.3. The van der Waals surface area contributed by atoms with Crippen molar-refractivity contribution in [1.29, 1.82) is 0 Å². The van der Waals surface area contributed by atoms with Crippen LogP contribution in [0.1, 0.15) is 0 Å². The van der Waals surface area contributed by atoms with Crippen LogP contribution in [0.25, 0.3) is 0 Å². The molecule has 1 N–H and O–H groups in total. The molecule has 0 aliphatic heterocycles. The molecule has 0 saturated carbocycles. The molecular formula is C12H16NO3S+. The predicted molar refractivity (Wildman–Crippen MR) is 69.2 cm³/mol. The lowest BCUT2D eigenvalue weighted by molar-refractivity contribution is 0.165. The molecule has 1 aromatic carbocycles. The average Bonchev–Trinajstić information content (AvgIpc) is 2.36. The van der Waals surface area contributed by atoms with E-state index in [1.807, 2.05) is 30.5 Å². The van der Waals surface area contributed by atoms with E-state index in [9.17, 15) is 4.79 Å². The summed E-state index contributed by atoms with van der Waals surface area (Å²) in [6.45, 7) is 3.69. The van der Waals surface area contributed by atoms with Crippen LogP contribution in [0.4, 0.5) is 4.79 Å². The molecule has 1 unspecified atom stereocenters. The van der Waals surface area contributed by atoms with Crippen molar-refractivity contribution in [2.75, 3.05) is 20.0 Å². The normalized spacial score (nSPS) is 11.4. The minimum atomic E-state index is -0.438. The number of carbonyl (C=O) groups is 1. The van der Waals surface area contributed by atoms with E-state index in [2.05, 4.69) is 11.3 Å². The second-order valence-electron chi connectivity index (χ2n) is 3.18. The minimum Gasteiger partial charge on any atom is -0.497 e. The second kappa shape index (κ2) is 6.85. The van der Waals surface area contributed by atoms with Gasteiger partial charge in [-0.2, -0.15) is 0 Å². The predicted octanol–water partition coefficient (Wildman–Crippen LogP) is 2.13. The Balaban J connectivity index is 2.53. The Kier molecular flexibility index (Phi) is 5.42. The van der Waals surface area contributed by atoms with Crippen molar-refractivity contribution >= 4 is 17.2 Å². The number of carbonyl (C=O) groups excluding carboxylic acids is 1. The number of amides is 1. The van der Waals surface area contributed by atoms with E-state index in [0.29, 0.717) is 0 Å². The van der Waals surface area contributed by atoms with Crippen molar-refractivity contribution in [3.8, 4) is 5.75 Å². The van der Waals surface area contributed by atoms with Gasteiger partial charge in [0.1, 0.15) is 29.7 Å². The summed E-state index contributed by atoms with van der Waals surface area (Å²) in [5.74, 6) is 0.792.